The number of fused-ring (bicyclic) bond motifs is 2. The molecule has 0 N–H and O–H groups in total. The first kappa shape index (κ1) is 17.4. The van der Waals surface area contributed by atoms with Crippen LogP contribution in [-0.4, -0.2) is 64.9 Å². The molecule has 146 valence electrons. The molecule has 0 amide bonds. The summed E-state index contributed by atoms with van der Waals surface area (Å²) in [6, 6.07) is 6.54. The first-order valence-electron chi connectivity index (χ1n) is 10.1. The van der Waals surface area contributed by atoms with E-state index in [1.807, 2.05) is 14.1 Å². The minimum atomic E-state index is 0.973. The Morgan fingerprint density at radius 3 is 2.71 bits per heavy atom. The number of rotatable bonds is 4. The highest BCUT2D eigenvalue weighted by molar-refractivity contribution is 5.91. The largest absolute Gasteiger partial charge is 0.369 e. The number of hydrogen-bond acceptors (Lipinski definition) is 6. The quantitative estimate of drug-likeness (QED) is 0.695. The molecule has 0 bridgehead atoms. The van der Waals surface area contributed by atoms with Crippen molar-refractivity contribution in [2.24, 2.45) is 0 Å². The lowest BCUT2D eigenvalue weighted by molar-refractivity contribution is 0.249. The second-order valence-electron chi connectivity index (χ2n) is 8.00. The van der Waals surface area contributed by atoms with Crippen LogP contribution in [0, 0.1) is 0 Å². The number of aryl methyl sites for hydroxylation is 1. The normalized spacial score (nSPS) is 17.3. The van der Waals surface area contributed by atoms with Gasteiger partial charge < -0.3 is 9.80 Å². The summed E-state index contributed by atoms with van der Waals surface area (Å²) in [7, 11) is 4.06. The van der Waals surface area contributed by atoms with Crippen molar-refractivity contribution < 1.29 is 0 Å². The lowest BCUT2D eigenvalue weighted by Gasteiger charge is -2.36. The van der Waals surface area contributed by atoms with E-state index in [4.69, 9.17) is 0 Å². The summed E-state index contributed by atoms with van der Waals surface area (Å²) in [5.41, 5.74) is 5.13. The maximum Gasteiger partial charge on any atom is 0.139 e. The van der Waals surface area contributed by atoms with E-state index in [0.717, 1.165) is 56.0 Å². The minimum absolute atomic E-state index is 0.973. The molecule has 4 heterocycles. The zero-order valence-electron chi connectivity index (χ0n) is 16.7. The van der Waals surface area contributed by atoms with Crippen LogP contribution in [0.15, 0.2) is 30.7 Å². The molecular formula is C21H27N7. The lowest BCUT2D eigenvalue weighted by Crippen LogP contribution is -2.46. The van der Waals surface area contributed by atoms with E-state index >= 15 is 0 Å². The number of anilines is 2. The third kappa shape index (κ3) is 3.09. The maximum absolute atomic E-state index is 4.54. The van der Waals surface area contributed by atoms with E-state index < -0.39 is 0 Å². The topological polar surface area (TPSA) is 53.3 Å². The second kappa shape index (κ2) is 7.05. The molecule has 0 aliphatic carbocycles. The van der Waals surface area contributed by atoms with Gasteiger partial charge in [-0.15, -0.1) is 0 Å². The predicted octanol–water partition coefficient (Wildman–Crippen LogP) is 2.16. The Hall–Kier alpha value is -2.67. The van der Waals surface area contributed by atoms with Gasteiger partial charge in [-0.25, -0.2) is 9.97 Å². The molecule has 1 saturated heterocycles. The Labute approximate surface area is 165 Å². The molecule has 0 saturated carbocycles. The van der Waals surface area contributed by atoms with Crippen LogP contribution in [-0.2, 0) is 19.5 Å². The van der Waals surface area contributed by atoms with Gasteiger partial charge in [0.2, 0.25) is 0 Å². The maximum atomic E-state index is 4.54. The molecule has 2 aliphatic heterocycles. The van der Waals surface area contributed by atoms with E-state index in [0.29, 0.717) is 0 Å². The van der Waals surface area contributed by atoms with Gasteiger partial charge in [-0.3, -0.25) is 9.58 Å². The summed E-state index contributed by atoms with van der Waals surface area (Å²) >= 11 is 0. The first-order chi connectivity index (χ1) is 13.7. The van der Waals surface area contributed by atoms with Crippen molar-refractivity contribution in [3.05, 3.63) is 42.0 Å². The van der Waals surface area contributed by atoms with Crippen LogP contribution in [0.5, 0.6) is 0 Å². The summed E-state index contributed by atoms with van der Waals surface area (Å²) < 4.78 is 2.19. The van der Waals surface area contributed by atoms with Gasteiger partial charge in [0.1, 0.15) is 12.1 Å². The summed E-state index contributed by atoms with van der Waals surface area (Å²) in [6.07, 6.45) is 6.14. The average molecular weight is 377 g/mol. The molecule has 2 aliphatic rings. The first-order valence-corrected chi connectivity index (χ1v) is 10.1. The zero-order valence-corrected chi connectivity index (χ0v) is 16.7. The van der Waals surface area contributed by atoms with Crippen LogP contribution in [0.25, 0.3) is 10.9 Å². The highest BCUT2D eigenvalue weighted by Gasteiger charge is 2.22. The Bertz CT molecular complexity index is 986. The van der Waals surface area contributed by atoms with Crippen molar-refractivity contribution in [2.75, 3.05) is 50.1 Å². The van der Waals surface area contributed by atoms with Gasteiger partial charge in [0.15, 0.2) is 0 Å². The SMILES string of the molecule is CN(C)c1ncnc2ccc(N3CCN(Cc4cnn5c4CCC5)CC3)cc12. The molecule has 7 nitrogen and oxygen atoms in total. The molecule has 5 rings (SSSR count). The summed E-state index contributed by atoms with van der Waals surface area (Å²) in [5.74, 6) is 0.973. The Morgan fingerprint density at radius 1 is 1.04 bits per heavy atom. The molecule has 3 aromatic rings. The average Bonchev–Trinajstić information content (AvgIpc) is 3.33. The number of piperazine rings is 1. The van der Waals surface area contributed by atoms with Crippen LogP contribution in [0.1, 0.15) is 17.7 Å². The summed E-state index contributed by atoms with van der Waals surface area (Å²) in [4.78, 5) is 16.0. The lowest BCUT2D eigenvalue weighted by atomic mass is 10.1. The predicted molar refractivity (Wildman–Crippen MR) is 112 cm³/mol. The van der Waals surface area contributed by atoms with Crippen LogP contribution >= 0.6 is 0 Å². The number of benzene rings is 1. The standard InChI is InChI=1S/C21H27N7/c1-25(2)21-18-12-17(5-6-19(18)22-15-23-21)27-10-8-26(9-11-27)14-16-13-24-28-7-3-4-20(16)28/h5-6,12-13,15H,3-4,7-11,14H2,1-2H3. The van der Waals surface area contributed by atoms with Gasteiger partial charge in [-0.05, 0) is 31.0 Å². The smallest absolute Gasteiger partial charge is 0.139 e. The third-order valence-corrected chi connectivity index (χ3v) is 5.97. The Kier molecular flexibility index (Phi) is 4.39. The molecule has 1 fully saturated rings. The fourth-order valence-corrected chi connectivity index (χ4v) is 4.45. The van der Waals surface area contributed by atoms with Gasteiger partial charge in [0.25, 0.3) is 0 Å². The fraction of sp³-hybridized carbons (Fsp3) is 0.476. The van der Waals surface area contributed by atoms with Crippen LogP contribution in [0.2, 0.25) is 0 Å². The highest BCUT2D eigenvalue weighted by atomic mass is 15.3. The van der Waals surface area contributed by atoms with Crippen molar-refractivity contribution in [1.29, 1.82) is 0 Å². The molecule has 0 unspecified atom stereocenters. The molecule has 0 radical (unpaired) electrons. The Morgan fingerprint density at radius 2 is 1.89 bits per heavy atom. The van der Waals surface area contributed by atoms with Gasteiger partial charge in [-0.1, -0.05) is 0 Å². The second-order valence-corrected chi connectivity index (χ2v) is 8.00. The van der Waals surface area contributed by atoms with Crippen molar-refractivity contribution in [3.63, 3.8) is 0 Å². The summed E-state index contributed by atoms with van der Waals surface area (Å²) in [5, 5.41) is 5.65. The molecular weight excluding hydrogens is 350 g/mol. The molecule has 0 spiro atoms. The van der Waals surface area contributed by atoms with Crippen molar-refractivity contribution in [3.8, 4) is 0 Å². The van der Waals surface area contributed by atoms with E-state index in [2.05, 4.69) is 58.8 Å². The monoisotopic (exact) mass is 377 g/mol. The Balaban J connectivity index is 1.29. The van der Waals surface area contributed by atoms with Crippen molar-refractivity contribution >= 4 is 22.4 Å². The molecule has 28 heavy (non-hydrogen) atoms. The zero-order chi connectivity index (χ0) is 19.1. The van der Waals surface area contributed by atoms with Crippen LogP contribution < -0.4 is 9.80 Å². The minimum Gasteiger partial charge on any atom is -0.369 e. The number of hydrogen-bond donors (Lipinski definition) is 0. The van der Waals surface area contributed by atoms with Crippen molar-refractivity contribution in [2.45, 2.75) is 25.9 Å². The van der Waals surface area contributed by atoms with E-state index in [1.165, 1.54) is 29.8 Å². The van der Waals surface area contributed by atoms with Gasteiger partial charge in [-0.2, -0.15) is 5.10 Å². The molecule has 1 aromatic carbocycles. The van der Waals surface area contributed by atoms with Crippen molar-refractivity contribution in [1.82, 2.24) is 24.6 Å². The van der Waals surface area contributed by atoms with E-state index in [1.54, 1.807) is 6.33 Å². The molecule has 2 aromatic heterocycles. The summed E-state index contributed by atoms with van der Waals surface area (Å²) in [6.45, 7) is 6.35. The van der Waals surface area contributed by atoms with Crippen LogP contribution in [0.3, 0.4) is 0 Å². The van der Waals surface area contributed by atoms with Gasteiger partial charge in [0.05, 0.1) is 11.7 Å². The number of nitrogens with zero attached hydrogens (tertiary/aromatic N) is 7. The highest BCUT2D eigenvalue weighted by Crippen LogP contribution is 2.27. The van der Waals surface area contributed by atoms with Gasteiger partial charge >= 0.3 is 0 Å². The van der Waals surface area contributed by atoms with E-state index in [-0.39, 0.29) is 0 Å². The van der Waals surface area contributed by atoms with E-state index in [9.17, 15) is 0 Å². The van der Waals surface area contributed by atoms with Gasteiger partial charge in [0, 0.05) is 75.7 Å². The fourth-order valence-electron chi connectivity index (χ4n) is 4.45. The third-order valence-electron chi connectivity index (χ3n) is 5.97. The molecule has 7 heteroatoms. The van der Waals surface area contributed by atoms with Crippen LogP contribution in [0.4, 0.5) is 11.5 Å². The number of aromatic nitrogens is 4. The molecule has 0 atom stereocenters.